The maximum absolute atomic E-state index is 10.7. The zero-order valence-electron chi connectivity index (χ0n) is 15.0. The molecule has 0 bridgehead atoms. The van der Waals surface area contributed by atoms with Gasteiger partial charge in [-0.05, 0) is 69.0 Å². The normalized spacial score (nSPS) is 21.2. The number of rotatable bonds is 1. The molecule has 0 spiro atoms. The number of halogens is 1. The predicted octanol–water partition coefficient (Wildman–Crippen LogP) is 5.36. The topological polar surface area (TPSA) is 23.5 Å². The minimum Gasteiger partial charge on any atom is -0.507 e. The van der Waals surface area contributed by atoms with Gasteiger partial charge in [0.25, 0.3) is 0 Å². The Morgan fingerprint density at radius 1 is 1.25 bits per heavy atom. The second kappa shape index (κ2) is 5.29. The molecule has 2 unspecified atom stereocenters. The largest absolute Gasteiger partial charge is 0.507 e. The van der Waals surface area contributed by atoms with E-state index in [9.17, 15) is 5.11 Å². The monoisotopic (exact) mass is 343 g/mol. The molecule has 2 atom stereocenters. The third-order valence-corrected chi connectivity index (χ3v) is 6.09. The average Bonchev–Trinajstić information content (AvgIpc) is 3.09. The minimum atomic E-state index is 0.00729. The molecule has 0 aromatic heterocycles. The van der Waals surface area contributed by atoms with E-state index in [-0.39, 0.29) is 10.9 Å². The van der Waals surface area contributed by atoms with E-state index >= 15 is 0 Å². The second-order valence-electron chi connectivity index (χ2n) is 8.37. The number of hydrogen-bond donors (Lipinski definition) is 1. The van der Waals surface area contributed by atoms with Crippen molar-refractivity contribution in [3.05, 3.63) is 34.9 Å². The first-order chi connectivity index (χ1) is 11.3. The maximum Gasteiger partial charge on any atom is 0.125 e. The van der Waals surface area contributed by atoms with Crippen LogP contribution in [-0.2, 0) is 12.8 Å². The lowest BCUT2D eigenvalue weighted by atomic mass is 9.88. The molecule has 1 heterocycles. The molecule has 2 aromatic carbocycles. The summed E-state index contributed by atoms with van der Waals surface area (Å²) in [5.74, 6) is 0.701. The average molecular weight is 344 g/mol. The van der Waals surface area contributed by atoms with Gasteiger partial charge >= 0.3 is 0 Å². The lowest BCUT2D eigenvalue weighted by Crippen LogP contribution is -2.41. The number of benzene rings is 2. The van der Waals surface area contributed by atoms with Gasteiger partial charge in [-0.1, -0.05) is 12.1 Å². The van der Waals surface area contributed by atoms with E-state index in [1.54, 1.807) is 0 Å². The highest BCUT2D eigenvalue weighted by Gasteiger charge is 2.39. The number of anilines is 1. The second-order valence-corrected chi connectivity index (χ2v) is 9.06. The number of phenolic OH excluding ortho intramolecular Hbond substituents is 1. The molecule has 0 saturated heterocycles. The van der Waals surface area contributed by atoms with Crippen LogP contribution < -0.4 is 4.90 Å². The maximum atomic E-state index is 10.7. The van der Waals surface area contributed by atoms with Gasteiger partial charge in [-0.15, -0.1) is 11.6 Å². The molecule has 1 N–H and O–H groups in total. The van der Waals surface area contributed by atoms with E-state index in [4.69, 9.17) is 11.6 Å². The Kier molecular flexibility index (Phi) is 3.55. The van der Waals surface area contributed by atoms with E-state index < -0.39 is 0 Å². The number of aromatic hydroxyl groups is 1. The van der Waals surface area contributed by atoms with E-state index in [0.717, 1.165) is 24.8 Å². The van der Waals surface area contributed by atoms with Crippen LogP contribution in [0.15, 0.2) is 18.2 Å². The van der Waals surface area contributed by atoms with Crippen LogP contribution >= 0.6 is 11.6 Å². The number of fused-ring (bicyclic) bond motifs is 5. The van der Waals surface area contributed by atoms with Crippen molar-refractivity contribution >= 4 is 28.1 Å². The Labute approximate surface area is 149 Å². The molecule has 2 aromatic rings. The number of phenols is 1. The van der Waals surface area contributed by atoms with Crippen molar-refractivity contribution < 1.29 is 5.11 Å². The van der Waals surface area contributed by atoms with Crippen LogP contribution in [0.3, 0.4) is 0 Å². The smallest absolute Gasteiger partial charge is 0.125 e. The van der Waals surface area contributed by atoms with E-state index in [1.807, 2.05) is 6.07 Å². The fourth-order valence-corrected chi connectivity index (χ4v) is 4.80. The first-order valence-electron chi connectivity index (χ1n) is 9.01. The van der Waals surface area contributed by atoms with Crippen LogP contribution in [0.1, 0.15) is 56.7 Å². The van der Waals surface area contributed by atoms with Crippen molar-refractivity contribution in [2.24, 2.45) is 0 Å². The van der Waals surface area contributed by atoms with Crippen molar-refractivity contribution in [2.75, 3.05) is 11.4 Å². The fourth-order valence-electron chi connectivity index (χ4n) is 4.60. The zero-order valence-corrected chi connectivity index (χ0v) is 15.7. The SMILES string of the molecule is CC(Cl)C1CN(C(C)(C)C)c2cc(O)c3ccc4c(c3c21)CCC4. The number of aryl methyl sites for hydroxylation is 2. The summed E-state index contributed by atoms with van der Waals surface area (Å²) in [6.45, 7) is 9.72. The molecule has 1 aliphatic carbocycles. The van der Waals surface area contributed by atoms with Crippen LogP contribution in [-0.4, -0.2) is 22.6 Å². The van der Waals surface area contributed by atoms with Gasteiger partial charge < -0.3 is 10.0 Å². The Balaban J connectivity index is 2.09. The van der Waals surface area contributed by atoms with Crippen molar-refractivity contribution in [2.45, 2.75) is 63.8 Å². The third-order valence-electron chi connectivity index (χ3n) is 5.78. The zero-order chi connectivity index (χ0) is 17.2. The highest BCUT2D eigenvalue weighted by molar-refractivity contribution is 6.21. The molecule has 2 aliphatic rings. The number of hydrogen-bond acceptors (Lipinski definition) is 2. The van der Waals surface area contributed by atoms with E-state index in [2.05, 4.69) is 44.7 Å². The van der Waals surface area contributed by atoms with Crippen molar-refractivity contribution in [1.29, 1.82) is 0 Å². The molecule has 4 rings (SSSR count). The Bertz CT molecular complexity index is 819. The van der Waals surface area contributed by atoms with Crippen molar-refractivity contribution in [3.8, 4) is 5.75 Å². The highest BCUT2D eigenvalue weighted by atomic mass is 35.5. The van der Waals surface area contributed by atoms with Crippen molar-refractivity contribution in [3.63, 3.8) is 0 Å². The van der Waals surface area contributed by atoms with E-state index in [0.29, 0.717) is 11.7 Å². The Morgan fingerprint density at radius 2 is 2.00 bits per heavy atom. The van der Waals surface area contributed by atoms with Gasteiger partial charge in [-0.3, -0.25) is 0 Å². The first-order valence-corrected chi connectivity index (χ1v) is 9.44. The summed E-state index contributed by atoms with van der Waals surface area (Å²) in [7, 11) is 0. The number of alkyl halides is 1. The summed E-state index contributed by atoms with van der Waals surface area (Å²) in [4.78, 5) is 2.42. The molecule has 3 heteroatoms. The summed E-state index contributed by atoms with van der Waals surface area (Å²) in [5.41, 5.74) is 5.43. The van der Waals surface area contributed by atoms with Crippen LogP contribution in [0.25, 0.3) is 10.8 Å². The fraction of sp³-hybridized carbons (Fsp3) is 0.524. The summed E-state index contributed by atoms with van der Waals surface area (Å²) >= 11 is 6.63. The van der Waals surface area contributed by atoms with Gasteiger partial charge in [0.05, 0.1) is 0 Å². The Morgan fingerprint density at radius 3 is 2.67 bits per heavy atom. The van der Waals surface area contributed by atoms with Crippen LogP contribution in [0.2, 0.25) is 0 Å². The molecular weight excluding hydrogens is 318 g/mol. The molecule has 0 amide bonds. The number of nitrogens with zero attached hydrogens (tertiary/aromatic N) is 1. The molecule has 0 radical (unpaired) electrons. The van der Waals surface area contributed by atoms with Crippen LogP contribution in [0.5, 0.6) is 5.75 Å². The molecule has 0 fully saturated rings. The minimum absolute atomic E-state index is 0.00729. The quantitative estimate of drug-likeness (QED) is 0.704. The van der Waals surface area contributed by atoms with Gasteiger partial charge in [0.15, 0.2) is 0 Å². The Hall–Kier alpha value is -1.41. The molecular formula is C21H26ClNO. The molecule has 24 heavy (non-hydrogen) atoms. The molecule has 1 aliphatic heterocycles. The van der Waals surface area contributed by atoms with Gasteiger partial charge in [0.1, 0.15) is 5.75 Å². The predicted molar refractivity (Wildman–Crippen MR) is 103 cm³/mol. The molecule has 0 saturated carbocycles. The summed E-state index contributed by atoms with van der Waals surface area (Å²) < 4.78 is 0. The van der Waals surface area contributed by atoms with Gasteiger partial charge in [-0.25, -0.2) is 0 Å². The van der Waals surface area contributed by atoms with Crippen LogP contribution in [0, 0.1) is 0 Å². The van der Waals surface area contributed by atoms with Gasteiger partial charge in [0, 0.05) is 40.5 Å². The standard InChI is InChI=1S/C21H26ClNO/c1-12(22)16-11-23(21(2,3)4)17-10-18(24)15-9-8-13-6-5-7-14(13)19(15)20(16)17/h8-10,12,16,24H,5-7,11H2,1-4H3. The van der Waals surface area contributed by atoms with Gasteiger partial charge in [0.2, 0.25) is 0 Å². The van der Waals surface area contributed by atoms with E-state index in [1.165, 1.54) is 34.2 Å². The molecule has 2 nitrogen and oxygen atoms in total. The highest BCUT2D eigenvalue weighted by Crippen LogP contribution is 2.50. The lowest BCUT2D eigenvalue weighted by molar-refractivity contribution is 0.479. The van der Waals surface area contributed by atoms with Gasteiger partial charge in [-0.2, -0.15) is 0 Å². The summed E-state index contributed by atoms with van der Waals surface area (Å²) in [6.07, 6.45) is 3.48. The lowest BCUT2D eigenvalue weighted by Gasteiger charge is -2.35. The summed E-state index contributed by atoms with van der Waals surface area (Å²) in [5, 5.41) is 13.1. The van der Waals surface area contributed by atoms with Crippen LogP contribution in [0.4, 0.5) is 5.69 Å². The molecule has 128 valence electrons. The van der Waals surface area contributed by atoms with Crippen molar-refractivity contribution in [1.82, 2.24) is 0 Å². The third kappa shape index (κ3) is 2.23. The first kappa shape index (κ1) is 16.1. The summed E-state index contributed by atoms with van der Waals surface area (Å²) in [6, 6.07) is 6.26.